The minimum Gasteiger partial charge on any atom is -0.334 e. The molecule has 0 saturated carbocycles. The van der Waals surface area contributed by atoms with Crippen molar-refractivity contribution in [2.24, 2.45) is 5.41 Å². The monoisotopic (exact) mass is 223 g/mol. The molecular weight excluding hydrogens is 211 g/mol. The molecule has 1 saturated heterocycles. The highest BCUT2D eigenvalue weighted by Gasteiger charge is 2.54. The largest absolute Gasteiger partial charge is 0.402 e. The molecule has 0 bridgehead atoms. The number of carbonyl (C=O) groups is 2. The fourth-order valence-electron chi connectivity index (χ4n) is 1.32. The Hall–Kier alpha value is -1.07. The fraction of sp³-hybridized carbons (Fsp3) is 0.778. The van der Waals surface area contributed by atoms with Gasteiger partial charge in [0.25, 0.3) is 0 Å². The molecule has 1 rings (SSSR count). The van der Waals surface area contributed by atoms with Crippen LogP contribution >= 0.6 is 0 Å². The van der Waals surface area contributed by atoms with Crippen molar-refractivity contribution in [3.63, 3.8) is 0 Å². The number of nitrogens with zero attached hydrogens (tertiary/aromatic N) is 1. The van der Waals surface area contributed by atoms with Crippen LogP contribution in [-0.2, 0) is 9.59 Å². The van der Waals surface area contributed by atoms with Crippen LogP contribution in [0.1, 0.15) is 20.3 Å². The van der Waals surface area contributed by atoms with Crippen molar-refractivity contribution in [3.05, 3.63) is 0 Å². The number of halogens is 3. The number of alkyl halides is 3. The molecule has 15 heavy (non-hydrogen) atoms. The molecule has 6 heteroatoms. The van der Waals surface area contributed by atoms with Crippen LogP contribution in [0, 0.1) is 5.41 Å². The highest BCUT2D eigenvalue weighted by atomic mass is 19.4. The minimum absolute atomic E-state index is 0.0944. The van der Waals surface area contributed by atoms with Gasteiger partial charge in [-0.15, -0.1) is 0 Å². The van der Waals surface area contributed by atoms with E-state index in [1.807, 2.05) is 0 Å². The molecule has 3 nitrogen and oxygen atoms in total. The number of Topliss-reactive ketones (excluding diaryl/α,β-unsaturated/α-hetero) is 1. The third-order valence-electron chi connectivity index (χ3n) is 2.56. The molecule has 0 aromatic rings. The summed E-state index contributed by atoms with van der Waals surface area (Å²) in [6.07, 6.45) is -4.44. The zero-order valence-corrected chi connectivity index (χ0v) is 8.52. The lowest BCUT2D eigenvalue weighted by Crippen LogP contribution is -2.48. The topological polar surface area (TPSA) is 37.4 Å². The van der Waals surface area contributed by atoms with Crippen LogP contribution in [0.4, 0.5) is 13.2 Å². The zero-order chi connectivity index (χ0) is 11.9. The molecule has 0 aromatic heterocycles. The third kappa shape index (κ3) is 2.13. The van der Waals surface area contributed by atoms with Crippen molar-refractivity contribution in [1.29, 1.82) is 0 Å². The second-order valence-electron chi connectivity index (χ2n) is 4.14. The Morgan fingerprint density at radius 3 is 2.20 bits per heavy atom. The van der Waals surface area contributed by atoms with E-state index in [9.17, 15) is 22.8 Å². The van der Waals surface area contributed by atoms with Gasteiger partial charge in [0.1, 0.15) is 5.41 Å². The van der Waals surface area contributed by atoms with Crippen molar-refractivity contribution >= 4 is 11.7 Å². The Kier molecular flexibility index (Phi) is 2.80. The van der Waals surface area contributed by atoms with Gasteiger partial charge in [0.2, 0.25) is 5.91 Å². The summed E-state index contributed by atoms with van der Waals surface area (Å²) in [5, 5.41) is 0. The van der Waals surface area contributed by atoms with Gasteiger partial charge in [0, 0.05) is 13.0 Å². The molecule has 0 radical (unpaired) electrons. The quantitative estimate of drug-likeness (QED) is 0.673. The summed E-state index contributed by atoms with van der Waals surface area (Å²) in [6, 6.07) is 0. The van der Waals surface area contributed by atoms with E-state index in [1.54, 1.807) is 0 Å². The van der Waals surface area contributed by atoms with Crippen molar-refractivity contribution in [2.45, 2.75) is 26.4 Å². The van der Waals surface area contributed by atoms with Gasteiger partial charge in [-0.25, -0.2) is 0 Å². The number of ketones is 1. The van der Waals surface area contributed by atoms with Crippen LogP contribution in [0.2, 0.25) is 0 Å². The second kappa shape index (κ2) is 3.50. The molecule has 0 N–H and O–H groups in total. The third-order valence-corrected chi connectivity index (χ3v) is 2.56. The van der Waals surface area contributed by atoms with E-state index in [4.69, 9.17) is 0 Å². The normalized spacial score (nSPS) is 18.5. The lowest BCUT2D eigenvalue weighted by atomic mass is 9.91. The van der Waals surface area contributed by atoms with Gasteiger partial charge in [-0.2, -0.15) is 13.2 Å². The van der Waals surface area contributed by atoms with Crippen LogP contribution in [0.25, 0.3) is 0 Å². The van der Waals surface area contributed by atoms with Crippen molar-refractivity contribution in [2.75, 3.05) is 13.1 Å². The van der Waals surface area contributed by atoms with Gasteiger partial charge in [0.15, 0.2) is 5.78 Å². The van der Waals surface area contributed by atoms with Gasteiger partial charge < -0.3 is 4.90 Å². The number of amides is 1. The number of likely N-dealkylation sites (tertiary alicyclic amines) is 1. The molecule has 1 amide bonds. The first kappa shape index (κ1) is 12.0. The summed E-state index contributed by atoms with van der Waals surface area (Å²) < 4.78 is 37.5. The summed E-state index contributed by atoms with van der Waals surface area (Å²) in [5.74, 6) is -1.22. The van der Waals surface area contributed by atoms with E-state index in [2.05, 4.69) is 0 Å². The van der Waals surface area contributed by atoms with Crippen LogP contribution in [0.3, 0.4) is 0 Å². The first-order chi connectivity index (χ1) is 6.66. The first-order valence-electron chi connectivity index (χ1n) is 4.54. The van der Waals surface area contributed by atoms with Crippen LogP contribution in [0.5, 0.6) is 0 Å². The van der Waals surface area contributed by atoms with E-state index in [1.165, 1.54) is 0 Å². The van der Waals surface area contributed by atoms with Crippen molar-refractivity contribution in [3.8, 4) is 0 Å². The summed E-state index contributed by atoms with van der Waals surface area (Å²) in [4.78, 5) is 23.3. The smallest absolute Gasteiger partial charge is 0.334 e. The summed E-state index contributed by atoms with van der Waals surface area (Å²) in [5.41, 5.74) is -2.42. The van der Waals surface area contributed by atoms with Gasteiger partial charge in [0.05, 0.1) is 6.54 Å². The van der Waals surface area contributed by atoms with E-state index < -0.39 is 17.5 Å². The van der Waals surface area contributed by atoms with Crippen LogP contribution < -0.4 is 0 Å². The van der Waals surface area contributed by atoms with Crippen LogP contribution in [0.15, 0.2) is 0 Å². The standard InChI is InChI=1S/C9H12F3NO2/c1-8(2,9(10,11)12)7(15)13-4-3-6(14)5-13/h3-5H2,1-2H3. The molecule has 1 fully saturated rings. The number of rotatable bonds is 1. The Morgan fingerprint density at radius 2 is 1.87 bits per heavy atom. The maximum absolute atomic E-state index is 12.5. The van der Waals surface area contributed by atoms with Gasteiger partial charge in [-0.1, -0.05) is 0 Å². The lowest BCUT2D eigenvalue weighted by Gasteiger charge is -2.30. The Bertz CT molecular complexity index is 296. The first-order valence-corrected chi connectivity index (χ1v) is 4.54. The highest BCUT2D eigenvalue weighted by Crippen LogP contribution is 2.39. The lowest BCUT2D eigenvalue weighted by molar-refractivity contribution is -0.216. The molecule has 0 unspecified atom stereocenters. The van der Waals surface area contributed by atoms with Gasteiger partial charge >= 0.3 is 6.18 Å². The van der Waals surface area contributed by atoms with Gasteiger partial charge in [-0.3, -0.25) is 9.59 Å². The van der Waals surface area contributed by atoms with Crippen LogP contribution in [-0.4, -0.2) is 35.9 Å². The van der Waals surface area contributed by atoms with E-state index >= 15 is 0 Å². The van der Waals surface area contributed by atoms with E-state index in [-0.39, 0.29) is 25.3 Å². The maximum atomic E-state index is 12.5. The minimum atomic E-state index is -4.59. The Morgan fingerprint density at radius 1 is 1.33 bits per heavy atom. The Labute approximate surface area is 85.2 Å². The molecule has 1 aliphatic heterocycles. The molecular formula is C9H12F3NO2. The number of hydrogen-bond donors (Lipinski definition) is 0. The van der Waals surface area contributed by atoms with E-state index in [0.717, 1.165) is 18.7 Å². The average molecular weight is 223 g/mol. The maximum Gasteiger partial charge on any atom is 0.402 e. The van der Waals surface area contributed by atoms with Gasteiger partial charge in [-0.05, 0) is 13.8 Å². The summed E-state index contributed by atoms with van der Waals surface area (Å²) in [6.45, 7) is 1.56. The molecule has 1 aliphatic rings. The van der Waals surface area contributed by atoms with Crippen molar-refractivity contribution in [1.82, 2.24) is 4.90 Å². The Balaban J connectivity index is 2.80. The molecule has 0 aromatic carbocycles. The summed E-state index contributed by atoms with van der Waals surface area (Å²) in [7, 11) is 0. The molecule has 0 atom stereocenters. The predicted octanol–water partition coefficient (Wildman–Crippen LogP) is 1.38. The zero-order valence-electron chi connectivity index (χ0n) is 8.52. The fourth-order valence-corrected chi connectivity index (χ4v) is 1.32. The SMILES string of the molecule is CC(C)(C(=O)N1CCC(=O)C1)C(F)(F)F. The second-order valence-corrected chi connectivity index (χ2v) is 4.14. The van der Waals surface area contributed by atoms with E-state index in [0.29, 0.717) is 0 Å². The number of carbonyl (C=O) groups excluding carboxylic acids is 2. The molecule has 1 heterocycles. The van der Waals surface area contributed by atoms with Crippen molar-refractivity contribution < 1.29 is 22.8 Å². The predicted molar refractivity (Wildman–Crippen MR) is 46.0 cm³/mol. The molecule has 0 spiro atoms. The highest BCUT2D eigenvalue weighted by molar-refractivity contribution is 5.91. The summed E-state index contributed by atoms with van der Waals surface area (Å²) >= 11 is 0. The number of hydrogen-bond acceptors (Lipinski definition) is 2. The molecule has 86 valence electrons. The molecule has 0 aliphatic carbocycles. The average Bonchev–Trinajstić information content (AvgIpc) is 2.48.